The van der Waals surface area contributed by atoms with Crippen molar-refractivity contribution in [2.24, 2.45) is 4.99 Å². The van der Waals surface area contributed by atoms with Gasteiger partial charge in [-0.25, -0.2) is 0 Å². The summed E-state index contributed by atoms with van der Waals surface area (Å²) >= 11 is 0. The Bertz CT molecular complexity index is 351. The van der Waals surface area contributed by atoms with Crippen LogP contribution in [0.1, 0.15) is 24.1 Å². The third-order valence-corrected chi connectivity index (χ3v) is 2.93. The van der Waals surface area contributed by atoms with Gasteiger partial charge in [0.25, 0.3) is 0 Å². The zero-order valence-corrected chi connectivity index (χ0v) is 8.99. The van der Waals surface area contributed by atoms with Crippen molar-refractivity contribution < 1.29 is 0 Å². The Labute approximate surface area is 85.3 Å². The van der Waals surface area contributed by atoms with Gasteiger partial charge in [0.05, 0.1) is 18.4 Å². The van der Waals surface area contributed by atoms with Crippen LogP contribution < -0.4 is 0 Å². The number of nitrogens with zero attached hydrogens (tertiary/aromatic N) is 2. The highest BCUT2D eigenvalue weighted by atomic mass is 15.2. The Morgan fingerprint density at radius 3 is 2.36 bits per heavy atom. The van der Waals surface area contributed by atoms with E-state index in [0.717, 1.165) is 12.4 Å². The first-order valence-electron chi connectivity index (χ1n) is 4.99. The van der Waals surface area contributed by atoms with Crippen molar-refractivity contribution in [3.05, 3.63) is 35.4 Å². The summed E-state index contributed by atoms with van der Waals surface area (Å²) in [5.74, 6) is 1.13. The Kier molecular flexibility index (Phi) is 2.28. The van der Waals surface area contributed by atoms with Gasteiger partial charge >= 0.3 is 0 Å². The van der Waals surface area contributed by atoms with Crippen LogP contribution in [0.15, 0.2) is 29.3 Å². The molecular weight excluding hydrogens is 172 g/mol. The van der Waals surface area contributed by atoms with E-state index in [-0.39, 0.29) is 0 Å². The minimum Gasteiger partial charge on any atom is -0.355 e. The summed E-state index contributed by atoms with van der Waals surface area (Å²) in [6, 6.07) is 9.17. The number of aliphatic imine (C=N–C) groups is 1. The molecule has 74 valence electrons. The van der Waals surface area contributed by atoms with Gasteiger partial charge in [-0.2, -0.15) is 0 Å². The van der Waals surface area contributed by atoms with E-state index in [4.69, 9.17) is 0 Å². The van der Waals surface area contributed by atoms with Crippen molar-refractivity contribution in [2.45, 2.75) is 19.9 Å². The minimum absolute atomic E-state index is 0.440. The molecule has 2 heteroatoms. The lowest BCUT2D eigenvalue weighted by Crippen LogP contribution is -2.24. The van der Waals surface area contributed by atoms with Gasteiger partial charge in [0.15, 0.2) is 0 Å². The Hall–Kier alpha value is -1.31. The van der Waals surface area contributed by atoms with Crippen LogP contribution in [0.3, 0.4) is 0 Å². The average Bonchev–Trinajstić information content (AvgIpc) is 2.50. The number of rotatable bonds is 1. The highest BCUT2D eigenvalue weighted by Gasteiger charge is 2.22. The molecule has 0 aliphatic carbocycles. The van der Waals surface area contributed by atoms with Crippen LogP contribution in [0.4, 0.5) is 0 Å². The molecule has 1 heterocycles. The number of likely N-dealkylation sites (N-methyl/N-ethyl adjacent to an activating group) is 1. The molecular formula is C12H16N2. The van der Waals surface area contributed by atoms with Gasteiger partial charge in [0.1, 0.15) is 0 Å². The molecule has 0 radical (unpaired) electrons. The van der Waals surface area contributed by atoms with Crippen LogP contribution in [0.25, 0.3) is 0 Å². The summed E-state index contributed by atoms with van der Waals surface area (Å²) < 4.78 is 0. The maximum atomic E-state index is 4.44. The van der Waals surface area contributed by atoms with E-state index >= 15 is 0 Å². The largest absolute Gasteiger partial charge is 0.355 e. The predicted molar refractivity (Wildman–Crippen MR) is 59.7 cm³/mol. The molecule has 2 nitrogen and oxygen atoms in total. The summed E-state index contributed by atoms with van der Waals surface area (Å²) in [6.07, 6.45) is 0. The second kappa shape index (κ2) is 3.45. The van der Waals surface area contributed by atoms with Crippen molar-refractivity contribution in [3.8, 4) is 0 Å². The number of aryl methyl sites for hydroxylation is 1. The maximum absolute atomic E-state index is 4.44. The first-order valence-corrected chi connectivity index (χ1v) is 4.99. The van der Waals surface area contributed by atoms with E-state index in [9.17, 15) is 0 Å². The lowest BCUT2D eigenvalue weighted by atomic mass is 10.1. The molecule has 0 N–H and O–H groups in total. The Morgan fingerprint density at radius 2 is 1.86 bits per heavy atom. The third-order valence-electron chi connectivity index (χ3n) is 2.93. The van der Waals surface area contributed by atoms with E-state index < -0.39 is 0 Å². The van der Waals surface area contributed by atoms with E-state index in [2.05, 4.69) is 55.1 Å². The molecule has 0 fully saturated rings. The molecule has 1 atom stereocenters. The van der Waals surface area contributed by atoms with Crippen molar-refractivity contribution in [3.63, 3.8) is 0 Å². The van der Waals surface area contributed by atoms with Crippen LogP contribution in [0.2, 0.25) is 0 Å². The minimum atomic E-state index is 0.440. The normalized spacial score (nSPS) is 21.2. The summed E-state index contributed by atoms with van der Waals surface area (Å²) in [6.45, 7) is 5.07. The van der Waals surface area contributed by atoms with Crippen LogP contribution in [0, 0.1) is 6.92 Å². The van der Waals surface area contributed by atoms with E-state index in [1.807, 2.05) is 0 Å². The maximum Gasteiger partial charge on any atom is 0.0961 e. The molecule has 0 aromatic heterocycles. The molecule has 0 spiro atoms. The van der Waals surface area contributed by atoms with Gasteiger partial charge in [-0.15, -0.1) is 0 Å². The van der Waals surface area contributed by atoms with Crippen molar-refractivity contribution in [1.29, 1.82) is 0 Å². The van der Waals surface area contributed by atoms with Crippen molar-refractivity contribution >= 4 is 5.84 Å². The number of amidine groups is 1. The fourth-order valence-electron chi connectivity index (χ4n) is 1.80. The van der Waals surface area contributed by atoms with Gasteiger partial charge in [-0.3, -0.25) is 4.99 Å². The van der Waals surface area contributed by atoms with Crippen molar-refractivity contribution in [1.82, 2.24) is 4.90 Å². The lowest BCUT2D eigenvalue weighted by Gasteiger charge is -2.22. The first-order chi connectivity index (χ1) is 6.68. The second-order valence-electron chi connectivity index (χ2n) is 3.93. The fraction of sp³-hybridized carbons (Fsp3) is 0.417. The molecule has 0 saturated carbocycles. The van der Waals surface area contributed by atoms with Gasteiger partial charge in [-0.05, 0) is 19.4 Å². The van der Waals surface area contributed by atoms with E-state index in [1.54, 1.807) is 0 Å². The standard InChI is InChI=1S/C12H16N2/c1-9-4-6-11(7-5-9)12-8-13-10(2)14(12)3/h4-7,12H,8H2,1-3H3. The monoisotopic (exact) mass is 188 g/mol. The molecule has 0 bridgehead atoms. The Balaban J connectivity index is 2.22. The topological polar surface area (TPSA) is 15.6 Å². The molecule has 0 amide bonds. The average molecular weight is 188 g/mol. The fourth-order valence-corrected chi connectivity index (χ4v) is 1.80. The SMILES string of the molecule is CC1=NCC(c2ccc(C)cc2)N1C. The molecule has 1 aliphatic heterocycles. The van der Waals surface area contributed by atoms with Crippen LogP contribution >= 0.6 is 0 Å². The quantitative estimate of drug-likeness (QED) is 0.660. The van der Waals surface area contributed by atoms with Gasteiger partial charge in [0, 0.05) is 7.05 Å². The van der Waals surface area contributed by atoms with Crippen LogP contribution in [-0.4, -0.2) is 24.3 Å². The number of benzene rings is 1. The molecule has 1 aromatic carbocycles. The first kappa shape index (κ1) is 9.25. The zero-order chi connectivity index (χ0) is 10.1. The molecule has 14 heavy (non-hydrogen) atoms. The Morgan fingerprint density at radius 1 is 1.21 bits per heavy atom. The van der Waals surface area contributed by atoms with E-state index in [1.165, 1.54) is 11.1 Å². The molecule has 1 unspecified atom stereocenters. The van der Waals surface area contributed by atoms with E-state index in [0.29, 0.717) is 6.04 Å². The van der Waals surface area contributed by atoms with Crippen molar-refractivity contribution in [2.75, 3.05) is 13.6 Å². The predicted octanol–water partition coefficient (Wildman–Crippen LogP) is 2.40. The molecule has 1 aromatic rings. The lowest BCUT2D eigenvalue weighted by molar-refractivity contribution is 0.415. The number of hydrogen-bond acceptors (Lipinski definition) is 2. The highest BCUT2D eigenvalue weighted by molar-refractivity contribution is 5.81. The summed E-state index contributed by atoms with van der Waals surface area (Å²) in [7, 11) is 2.11. The molecule has 0 saturated heterocycles. The number of hydrogen-bond donors (Lipinski definition) is 0. The summed E-state index contributed by atoms with van der Waals surface area (Å²) in [5.41, 5.74) is 2.67. The van der Waals surface area contributed by atoms with Gasteiger partial charge < -0.3 is 4.90 Å². The molecule has 2 rings (SSSR count). The third kappa shape index (κ3) is 1.52. The van der Waals surface area contributed by atoms with Gasteiger partial charge in [-0.1, -0.05) is 29.8 Å². The van der Waals surface area contributed by atoms with Crippen LogP contribution in [0.5, 0.6) is 0 Å². The molecule has 1 aliphatic rings. The second-order valence-corrected chi connectivity index (χ2v) is 3.93. The zero-order valence-electron chi connectivity index (χ0n) is 8.99. The highest BCUT2D eigenvalue weighted by Crippen LogP contribution is 2.24. The van der Waals surface area contributed by atoms with Gasteiger partial charge in [0.2, 0.25) is 0 Å². The smallest absolute Gasteiger partial charge is 0.0961 e. The van der Waals surface area contributed by atoms with Crippen LogP contribution in [-0.2, 0) is 0 Å². The summed E-state index contributed by atoms with van der Waals surface area (Å²) in [5, 5.41) is 0. The summed E-state index contributed by atoms with van der Waals surface area (Å²) in [4.78, 5) is 6.68.